The molecule has 1 saturated carbocycles. The van der Waals surface area contributed by atoms with Crippen molar-refractivity contribution in [3.63, 3.8) is 0 Å². The summed E-state index contributed by atoms with van der Waals surface area (Å²) in [5, 5.41) is 9.34. The molecule has 0 aromatic heterocycles. The minimum atomic E-state index is -3.53. The molecule has 0 saturated heterocycles. The van der Waals surface area contributed by atoms with Gasteiger partial charge in [0.15, 0.2) is 0 Å². The lowest BCUT2D eigenvalue weighted by molar-refractivity contribution is -0.133. The Bertz CT molecular complexity index is 517. The predicted molar refractivity (Wildman–Crippen MR) is 72.2 cm³/mol. The molecular formula is C13H21NO4S. The van der Waals surface area contributed by atoms with E-state index in [0.717, 1.165) is 31.3 Å². The van der Waals surface area contributed by atoms with Crippen LogP contribution in [0.1, 0.15) is 46.5 Å². The minimum absolute atomic E-state index is 0.112. The van der Waals surface area contributed by atoms with Crippen molar-refractivity contribution in [2.24, 2.45) is 5.92 Å². The molecule has 5 nitrogen and oxygen atoms in total. The van der Waals surface area contributed by atoms with Crippen molar-refractivity contribution in [3.8, 4) is 0 Å². The predicted octanol–water partition coefficient (Wildman–Crippen LogP) is 1.66. The SMILES string of the molecule is CC(C)(C)S(=O)(=O)N[C@@H]1C(C(=O)O)=C2CCC1CC2. The fourth-order valence-corrected chi connectivity index (χ4v) is 3.83. The first-order valence-corrected chi connectivity index (χ1v) is 8.09. The second kappa shape index (κ2) is 4.59. The molecule has 0 aliphatic heterocycles. The van der Waals surface area contributed by atoms with Crippen molar-refractivity contribution in [2.75, 3.05) is 0 Å². The summed E-state index contributed by atoms with van der Waals surface area (Å²) in [5.41, 5.74) is 1.20. The van der Waals surface area contributed by atoms with Gasteiger partial charge in [0.1, 0.15) is 0 Å². The van der Waals surface area contributed by atoms with E-state index in [1.807, 2.05) is 0 Å². The maximum Gasteiger partial charge on any atom is 0.333 e. The lowest BCUT2D eigenvalue weighted by Gasteiger charge is -2.40. The molecule has 1 atom stereocenters. The van der Waals surface area contributed by atoms with E-state index in [4.69, 9.17) is 0 Å². The quantitative estimate of drug-likeness (QED) is 0.827. The molecule has 108 valence electrons. The van der Waals surface area contributed by atoms with Gasteiger partial charge in [-0.15, -0.1) is 0 Å². The number of aliphatic carboxylic acids is 1. The fourth-order valence-electron chi connectivity index (χ4n) is 2.83. The van der Waals surface area contributed by atoms with Crippen LogP contribution in [0.15, 0.2) is 11.1 Å². The second-order valence-corrected chi connectivity index (χ2v) is 8.84. The number of hydrogen-bond acceptors (Lipinski definition) is 3. The number of allylic oxidation sites excluding steroid dienone is 1. The van der Waals surface area contributed by atoms with Gasteiger partial charge in [-0.2, -0.15) is 0 Å². The smallest absolute Gasteiger partial charge is 0.333 e. The summed E-state index contributed by atoms with van der Waals surface area (Å²) >= 11 is 0. The van der Waals surface area contributed by atoms with Crippen molar-refractivity contribution < 1.29 is 18.3 Å². The second-order valence-electron chi connectivity index (χ2n) is 6.37. The Balaban J connectivity index is 2.35. The number of carboxylic acids is 1. The average molecular weight is 287 g/mol. The van der Waals surface area contributed by atoms with E-state index in [0.29, 0.717) is 0 Å². The molecular weight excluding hydrogens is 266 g/mol. The van der Waals surface area contributed by atoms with Gasteiger partial charge in [0, 0.05) is 0 Å². The lowest BCUT2D eigenvalue weighted by Crippen LogP contribution is -2.52. The summed E-state index contributed by atoms with van der Waals surface area (Å²) in [4.78, 5) is 11.4. The van der Waals surface area contributed by atoms with Gasteiger partial charge in [0.25, 0.3) is 0 Å². The number of hydrogen-bond donors (Lipinski definition) is 2. The number of carbonyl (C=O) groups is 1. The van der Waals surface area contributed by atoms with Crippen LogP contribution >= 0.6 is 0 Å². The molecule has 3 aliphatic rings. The molecule has 0 radical (unpaired) electrons. The summed E-state index contributed by atoms with van der Waals surface area (Å²) in [5.74, 6) is -0.873. The highest BCUT2D eigenvalue weighted by Gasteiger charge is 2.43. The monoisotopic (exact) mass is 287 g/mol. The Hall–Kier alpha value is -0.880. The summed E-state index contributed by atoms with van der Waals surface area (Å²) in [6, 6.07) is -0.556. The Morgan fingerprint density at radius 2 is 1.79 bits per heavy atom. The normalized spacial score (nSPS) is 27.7. The third-order valence-corrected chi connectivity index (χ3v) is 6.29. The number of carboxylic acid groups (broad SMARTS) is 1. The molecule has 0 unspecified atom stereocenters. The van der Waals surface area contributed by atoms with Gasteiger partial charge < -0.3 is 5.11 Å². The molecule has 2 bridgehead atoms. The Labute approximate surface area is 114 Å². The van der Waals surface area contributed by atoms with Gasteiger partial charge >= 0.3 is 5.97 Å². The molecule has 0 amide bonds. The maximum absolute atomic E-state index is 12.2. The summed E-state index contributed by atoms with van der Waals surface area (Å²) in [6.45, 7) is 4.85. The summed E-state index contributed by atoms with van der Waals surface area (Å²) in [7, 11) is -3.53. The topological polar surface area (TPSA) is 83.5 Å². The van der Waals surface area contributed by atoms with Gasteiger partial charge in [-0.25, -0.2) is 17.9 Å². The van der Waals surface area contributed by atoms with Gasteiger partial charge in [-0.1, -0.05) is 5.57 Å². The standard InChI is InChI=1S/C13H21NO4S/c1-13(2,3)19(17,18)14-11-9-6-4-8(5-7-9)10(11)12(15)16/h9,11,14H,4-7H2,1-3H3,(H,15,16)/t11-/m0/s1. The Morgan fingerprint density at radius 3 is 2.21 bits per heavy atom. The first kappa shape index (κ1) is 14.5. The van der Waals surface area contributed by atoms with Crippen molar-refractivity contribution in [1.29, 1.82) is 0 Å². The molecule has 0 aromatic carbocycles. The molecule has 0 heterocycles. The fraction of sp³-hybridized carbons (Fsp3) is 0.769. The summed E-state index contributed by atoms with van der Waals surface area (Å²) < 4.78 is 26.2. The first-order chi connectivity index (χ1) is 8.63. The van der Waals surface area contributed by atoms with E-state index in [1.165, 1.54) is 0 Å². The van der Waals surface area contributed by atoms with Crippen LogP contribution in [0.4, 0.5) is 0 Å². The van der Waals surface area contributed by atoms with Gasteiger partial charge in [-0.05, 0) is 52.4 Å². The zero-order valence-corrected chi connectivity index (χ0v) is 12.4. The molecule has 1 fully saturated rings. The largest absolute Gasteiger partial charge is 0.478 e. The van der Waals surface area contributed by atoms with Crippen molar-refractivity contribution in [2.45, 2.75) is 57.2 Å². The van der Waals surface area contributed by atoms with Crippen molar-refractivity contribution in [3.05, 3.63) is 11.1 Å². The van der Waals surface area contributed by atoms with Crippen LogP contribution in [0.3, 0.4) is 0 Å². The van der Waals surface area contributed by atoms with E-state index in [-0.39, 0.29) is 11.5 Å². The van der Waals surface area contributed by atoms with Crippen LogP contribution in [-0.4, -0.2) is 30.3 Å². The molecule has 2 N–H and O–H groups in total. The lowest BCUT2D eigenvalue weighted by atomic mass is 9.70. The van der Waals surface area contributed by atoms with Crippen molar-refractivity contribution >= 4 is 16.0 Å². The van der Waals surface area contributed by atoms with E-state index < -0.39 is 26.8 Å². The molecule has 3 aliphatic carbocycles. The maximum atomic E-state index is 12.2. The van der Waals surface area contributed by atoms with Crippen LogP contribution in [0, 0.1) is 5.92 Å². The average Bonchev–Trinajstić information content (AvgIpc) is 2.27. The number of sulfonamides is 1. The molecule has 0 aromatic rings. The third kappa shape index (κ3) is 2.56. The number of fused-ring (bicyclic) bond motifs is 3. The van der Waals surface area contributed by atoms with Crippen LogP contribution in [0.2, 0.25) is 0 Å². The summed E-state index contributed by atoms with van der Waals surface area (Å²) in [6.07, 6.45) is 3.34. The van der Waals surface area contributed by atoms with E-state index in [9.17, 15) is 18.3 Å². The molecule has 6 heteroatoms. The molecule has 19 heavy (non-hydrogen) atoms. The first-order valence-electron chi connectivity index (χ1n) is 6.60. The molecule has 0 spiro atoms. The van der Waals surface area contributed by atoms with Crippen LogP contribution < -0.4 is 4.72 Å². The highest BCUT2D eigenvalue weighted by atomic mass is 32.2. The highest BCUT2D eigenvalue weighted by molar-refractivity contribution is 7.90. The zero-order valence-electron chi connectivity index (χ0n) is 11.6. The van der Waals surface area contributed by atoms with E-state index >= 15 is 0 Å². The van der Waals surface area contributed by atoms with Crippen molar-refractivity contribution in [1.82, 2.24) is 4.72 Å². The van der Waals surface area contributed by atoms with E-state index in [1.54, 1.807) is 20.8 Å². The van der Waals surface area contributed by atoms with Gasteiger partial charge in [0.2, 0.25) is 10.0 Å². The van der Waals surface area contributed by atoms with Gasteiger partial charge in [0.05, 0.1) is 16.4 Å². The van der Waals surface area contributed by atoms with Gasteiger partial charge in [-0.3, -0.25) is 0 Å². The molecule has 3 rings (SSSR count). The minimum Gasteiger partial charge on any atom is -0.478 e. The number of nitrogens with one attached hydrogen (secondary N) is 1. The highest BCUT2D eigenvalue weighted by Crippen LogP contribution is 2.42. The van der Waals surface area contributed by atoms with E-state index in [2.05, 4.69) is 4.72 Å². The third-order valence-electron chi connectivity index (χ3n) is 4.12. The van der Waals surface area contributed by atoms with Crippen LogP contribution in [0.5, 0.6) is 0 Å². The van der Waals surface area contributed by atoms with Crippen LogP contribution in [0.25, 0.3) is 0 Å². The zero-order chi connectivity index (χ0) is 14.4. The number of rotatable bonds is 3. The Kier molecular flexibility index (Phi) is 3.51. The van der Waals surface area contributed by atoms with Crippen LogP contribution in [-0.2, 0) is 14.8 Å². The Morgan fingerprint density at radius 1 is 1.26 bits per heavy atom.